The fourth-order valence-corrected chi connectivity index (χ4v) is 2.10. The van der Waals surface area contributed by atoms with Crippen molar-refractivity contribution in [1.29, 1.82) is 0 Å². The Bertz CT molecular complexity index is 705. The Morgan fingerprint density at radius 1 is 1.22 bits per heavy atom. The zero-order chi connectivity index (χ0) is 16.8. The Hall–Kier alpha value is -2.11. The number of hydrogen-bond acceptors (Lipinski definition) is 4. The molecular weight excluding hydrogens is 339 g/mol. The van der Waals surface area contributed by atoms with Gasteiger partial charge in [-0.3, -0.25) is 4.79 Å². The number of rotatable bonds is 5. The minimum atomic E-state index is -0.912. The van der Waals surface area contributed by atoms with E-state index in [1.165, 1.54) is 18.3 Å². The lowest BCUT2D eigenvalue weighted by Crippen LogP contribution is -2.32. The third-order valence-electron chi connectivity index (χ3n) is 2.99. The van der Waals surface area contributed by atoms with Crippen molar-refractivity contribution in [2.45, 2.75) is 19.4 Å². The predicted octanol–water partition coefficient (Wildman–Crippen LogP) is 3.96. The second kappa shape index (κ2) is 7.94. The predicted molar refractivity (Wildman–Crippen MR) is 88.8 cm³/mol. The number of anilines is 1. The van der Waals surface area contributed by atoms with Gasteiger partial charge in [0.15, 0.2) is 6.10 Å². The highest BCUT2D eigenvalue weighted by atomic mass is 35.5. The third-order valence-corrected chi connectivity index (χ3v) is 3.45. The summed E-state index contributed by atoms with van der Waals surface area (Å²) in [5, 5.41) is 3.42. The summed E-state index contributed by atoms with van der Waals surface area (Å²) in [6, 6.07) is 9.49. The lowest BCUT2D eigenvalue weighted by molar-refractivity contribution is -0.124. The molecule has 1 aromatic carbocycles. The molecule has 1 N–H and O–H groups in total. The van der Waals surface area contributed by atoms with Crippen molar-refractivity contribution < 1.29 is 14.3 Å². The molecule has 1 aromatic heterocycles. The van der Waals surface area contributed by atoms with Gasteiger partial charge < -0.3 is 10.1 Å². The molecule has 1 atom stereocenters. The first-order valence-electron chi connectivity index (χ1n) is 6.88. The van der Waals surface area contributed by atoms with E-state index < -0.39 is 18.0 Å². The van der Waals surface area contributed by atoms with E-state index >= 15 is 0 Å². The molecule has 0 aliphatic rings. The van der Waals surface area contributed by atoms with Crippen LogP contribution in [0.2, 0.25) is 10.2 Å². The molecule has 0 fully saturated rings. The number of ether oxygens (including phenoxy) is 1. The van der Waals surface area contributed by atoms with Crippen molar-refractivity contribution in [2.24, 2.45) is 0 Å². The molecule has 0 saturated heterocycles. The Morgan fingerprint density at radius 3 is 2.52 bits per heavy atom. The zero-order valence-electron chi connectivity index (χ0n) is 12.3. The van der Waals surface area contributed by atoms with Crippen LogP contribution in [-0.2, 0) is 9.53 Å². The van der Waals surface area contributed by atoms with Gasteiger partial charge in [-0.2, -0.15) is 0 Å². The highest BCUT2D eigenvalue weighted by molar-refractivity contribution is 6.30. The van der Waals surface area contributed by atoms with Crippen LogP contribution in [0.3, 0.4) is 0 Å². The van der Waals surface area contributed by atoms with Gasteiger partial charge in [0.05, 0.1) is 5.56 Å². The fourth-order valence-electron chi connectivity index (χ4n) is 1.80. The molecular formula is C16H14Cl2N2O3. The number of esters is 1. The first-order valence-corrected chi connectivity index (χ1v) is 7.64. The summed E-state index contributed by atoms with van der Waals surface area (Å²) >= 11 is 11.5. The Balaban J connectivity index is 2.02. The number of halogens is 2. The first kappa shape index (κ1) is 17.2. The smallest absolute Gasteiger partial charge is 0.339 e. The topological polar surface area (TPSA) is 68.3 Å². The highest BCUT2D eigenvalue weighted by Crippen LogP contribution is 2.15. The lowest BCUT2D eigenvalue weighted by Gasteiger charge is -2.16. The molecule has 1 heterocycles. The average molecular weight is 353 g/mol. The maximum atomic E-state index is 12.2. The number of benzene rings is 1. The van der Waals surface area contributed by atoms with E-state index in [0.717, 1.165) is 0 Å². The van der Waals surface area contributed by atoms with Crippen molar-refractivity contribution in [3.8, 4) is 0 Å². The molecule has 0 bridgehead atoms. The second-order valence-electron chi connectivity index (χ2n) is 4.67. The monoisotopic (exact) mass is 352 g/mol. The summed E-state index contributed by atoms with van der Waals surface area (Å²) in [4.78, 5) is 28.1. The van der Waals surface area contributed by atoms with Gasteiger partial charge in [-0.1, -0.05) is 30.1 Å². The summed E-state index contributed by atoms with van der Waals surface area (Å²) in [6.45, 7) is 1.75. The number of pyridine rings is 1. The minimum absolute atomic E-state index is 0.179. The maximum Gasteiger partial charge on any atom is 0.339 e. The summed E-state index contributed by atoms with van der Waals surface area (Å²) < 4.78 is 5.23. The number of nitrogens with one attached hydrogen (secondary N) is 1. The SMILES string of the molecule is CCC(OC(=O)c1ccnc(Cl)c1)C(=O)Nc1ccc(Cl)cc1. The van der Waals surface area contributed by atoms with Gasteiger partial charge in [-0.05, 0) is 42.8 Å². The average Bonchev–Trinajstić information content (AvgIpc) is 2.54. The van der Waals surface area contributed by atoms with E-state index in [4.69, 9.17) is 27.9 Å². The molecule has 0 radical (unpaired) electrons. The van der Waals surface area contributed by atoms with E-state index in [1.807, 2.05) is 0 Å². The van der Waals surface area contributed by atoms with Gasteiger partial charge >= 0.3 is 5.97 Å². The molecule has 1 unspecified atom stereocenters. The number of aromatic nitrogens is 1. The normalized spacial score (nSPS) is 11.6. The lowest BCUT2D eigenvalue weighted by atomic mass is 10.2. The van der Waals surface area contributed by atoms with Crippen LogP contribution in [0.15, 0.2) is 42.6 Å². The maximum absolute atomic E-state index is 12.2. The number of amides is 1. The molecule has 0 aliphatic carbocycles. The van der Waals surface area contributed by atoms with Gasteiger partial charge in [0.1, 0.15) is 5.15 Å². The third kappa shape index (κ3) is 4.94. The molecule has 0 saturated carbocycles. The minimum Gasteiger partial charge on any atom is -0.449 e. The van der Waals surface area contributed by atoms with Crippen LogP contribution >= 0.6 is 23.2 Å². The van der Waals surface area contributed by atoms with Crippen molar-refractivity contribution in [1.82, 2.24) is 4.98 Å². The van der Waals surface area contributed by atoms with Crippen molar-refractivity contribution in [3.05, 3.63) is 58.3 Å². The van der Waals surface area contributed by atoms with Crippen LogP contribution in [0.1, 0.15) is 23.7 Å². The summed E-state index contributed by atoms with van der Waals surface area (Å²) in [5.74, 6) is -1.05. The molecule has 2 aromatic rings. The van der Waals surface area contributed by atoms with Crippen molar-refractivity contribution in [3.63, 3.8) is 0 Å². The van der Waals surface area contributed by atoms with Crippen LogP contribution < -0.4 is 5.32 Å². The second-order valence-corrected chi connectivity index (χ2v) is 5.49. The number of nitrogens with zero attached hydrogens (tertiary/aromatic N) is 1. The van der Waals surface area contributed by atoms with Gasteiger partial charge in [0.25, 0.3) is 5.91 Å². The number of carbonyl (C=O) groups excluding carboxylic acids is 2. The molecule has 1 amide bonds. The van der Waals surface area contributed by atoms with Crippen LogP contribution in [-0.4, -0.2) is 23.0 Å². The number of hydrogen-bond donors (Lipinski definition) is 1. The van der Waals surface area contributed by atoms with Crippen LogP contribution in [0.5, 0.6) is 0 Å². The largest absolute Gasteiger partial charge is 0.449 e. The van der Waals surface area contributed by atoms with Gasteiger partial charge in [-0.25, -0.2) is 9.78 Å². The quantitative estimate of drug-likeness (QED) is 0.653. The van der Waals surface area contributed by atoms with Gasteiger partial charge in [-0.15, -0.1) is 0 Å². The number of carbonyl (C=O) groups is 2. The Labute approximate surface area is 143 Å². The van der Waals surface area contributed by atoms with Crippen LogP contribution in [0.4, 0.5) is 5.69 Å². The van der Waals surface area contributed by atoms with E-state index in [0.29, 0.717) is 17.1 Å². The molecule has 120 valence electrons. The Kier molecular flexibility index (Phi) is 5.96. The standard InChI is InChI=1S/C16H14Cl2N2O3/c1-2-13(15(21)20-12-5-3-11(17)4-6-12)23-16(22)10-7-8-19-14(18)9-10/h3-9,13H,2H2,1H3,(H,20,21). The summed E-state index contributed by atoms with van der Waals surface area (Å²) in [5.41, 5.74) is 0.809. The van der Waals surface area contributed by atoms with E-state index in [9.17, 15) is 9.59 Å². The summed E-state index contributed by atoms with van der Waals surface area (Å²) in [7, 11) is 0. The molecule has 7 heteroatoms. The van der Waals surface area contributed by atoms with E-state index in [-0.39, 0.29) is 10.7 Å². The molecule has 23 heavy (non-hydrogen) atoms. The zero-order valence-corrected chi connectivity index (χ0v) is 13.8. The molecule has 5 nitrogen and oxygen atoms in total. The molecule has 0 aliphatic heterocycles. The summed E-state index contributed by atoms with van der Waals surface area (Å²) in [6.07, 6.45) is 0.822. The highest BCUT2D eigenvalue weighted by Gasteiger charge is 2.22. The van der Waals surface area contributed by atoms with Crippen LogP contribution in [0.25, 0.3) is 0 Å². The van der Waals surface area contributed by atoms with Gasteiger partial charge in [0, 0.05) is 16.9 Å². The van der Waals surface area contributed by atoms with Crippen LogP contribution in [0, 0.1) is 0 Å². The van der Waals surface area contributed by atoms with E-state index in [1.54, 1.807) is 31.2 Å². The van der Waals surface area contributed by atoms with Crippen molar-refractivity contribution >= 4 is 40.8 Å². The Morgan fingerprint density at radius 2 is 1.91 bits per heavy atom. The van der Waals surface area contributed by atoms with Gasteiger partial charge in [0.2, 0.25) is 0 Å². The molecule has 2 rings (SSSR count). The van der Waals surface area contributed by atoms with E-state index in [2.05, 4.69) is 10.3 Å². The fraction of sp³-hybridized carbons (Fsp3) is 0.188. The first-order chi connectivity index (χ1) is 11.0. The molecule has 0 spiro atoms. The van der Waals surface area contributed by atoms with Crippen molar-refractivity contribution in [2.75, 3.05) is 5.32 Å².